The van der Waals surface area contributed by atoms with E-state index in [4.69, 9.17) is 5.73 Å². The van der Waals surface area contributed by atoms with Crippen molar-refractivity contribution in [3.63, 3.8) is 0 Å². The molecule has 0 radical (unpaired) electrons. The standard InChI is InChI=1S/C16H34N4O/c1-5-13(2)15(17)16(21)18-12-14-6-8-20(9-7-14)11-10-19(3)4/h13-15H,5-12,17H2,1-4H3,(H,18,21). The van der Waals surface area contributed by atoms with E-state index in [1.807, 2.05) is 6.92 Å². The van der Waals surface area contributed by atoms with E-state index < -0.39 is 0 Å². The summed E-state index contributed by atoms with van der Waals surface area (Å²) in [7, 11) is 4.23. The third kappa shape index (κ3) is 6.76. The van der Waals surface area contributed by atoms with Crippen LogP contribution in [0.4, 0.5) is 0 Å². The molecule has 2 unspecified atom stereocenters. The van der Waals surface area contributed by atoms with Gasteiger partial charge in [-0.25, -0.2) is 0 Å². The Hall–Kier alpha value is -0.650. The molecule has 0 aromatic rings. The zero-order valence-corrected chi connectivity index (χ0v) is 14.3. The quantitative estimate of drug-likeness (QED) is 0.694. The Kier molecular flexibility index (Phi) is 8.22. The summed E-state index contributed by atoms with van der Waals surface area (Å²) in [5.74, 6) is 0.867. The van der Waals surface area contributed by atoms with Crippen LogP contribution in [0.1, 0.15) is 33.1 Å². The highest BCUT2D eigenvalue weighted by atomic mass is 16.2. The van der Waals surface area contributed by atoms with E-state index in [0.717, 1.165) is 39.1 Å². The average Bonchev–Trinajstić information content (AvgIpc) is 2.49. The number of piperidine rings is 1. The zero-order chi connectivity index (χ0) is 15.8. The van der Waals surface area contributed by atoms with E-state index in [-0.39, 0.29) is 17.9 Å². The molecule has 21 heavy (non-hydrogen) atoms. The van der Waals surface area contributed by atoms with E-state index in [1.165, 1.54) is 12.8 Å². The molecular formula is C16H34N4O. The van der Waals surface area contributed by atoms with E-state index in [1.54, 1.807) is 0 Å². The molecule has 0 aromatic carbocycles. The Bertz CT molecular complexity index is 301. The number of amides is 1. The molecule has 1 aliphatic rings. The van der Waals surface area contributed by atoms with Crippen molar-refractivity contribution in [1.82, 2.24) is 15.1 Å². The van der Waals surface area contributed by atoms with E-state index in [9.17, 15) is 4.79 Å². The molecule has 1 aliphatic heterocycles. The van der Waals surface area contributed by atoms with Crippen LogP contribution in [0.25, 0.3) is 0 Å². The third-order valence-corrected chi connectivity index (χ3v) is 4.70. The molecule has 1 saturated heterocycles. The van der Waals surface area contributed by atoms with E-state index in [2.05, 4.69) is 36.1 Å². The largest absolute Gasteiger partial charge is 0.354 e. The van der Waals surface area contributed by atoms with Gasteiger partial charge in [0.1, 0.15) is 0 Å². The summed E-state index contributed by atoms with van der Waals surface area (Å²) in [5, 5.41) is 3.04. The van der Waals surface area contributed by atoms with Crippen molar-refractivity contribution in [2.24, 2.45) is 17.6 Å². The number of hydrogen-bond donors (Lipinski definition) is 2. The smallest absolute Gasteiger partial charge is 0.237 e. The summed E-state index contributed by atoms with van der Waals surface area (Å²) in [4.78, 5) is 16.7. The van der Waals surface area contributed by atoms with Gasteiger partial charge in [-0.3, -0.25) is 4.79 Å². The van der Waals surface area contributed by atoms with Crippen LogP contribution < -0.4 is 11.1 Å². The predicted molar refractivity (Wildman–Crippen MR) is 88.2 cm³/mol. The summed E-state index contributed by atoms with van der Waals surface area (Å²) in [6, 6.07) is -0.366. The number of hydrogen-bond acceptors (Lipinski definition) is 4. The second-order valence-corrected chi connectivity index (χ2v) is 6.74. The van der Waals surface area contributed by atoms with Crippen LogP contribution in [0.15, 0.2) is 0 Å². The van der Waals surface area contributed by atoms with Gasteiger partial charge in [-0.1, -0.05) is 20.3 Å². The zero-order valence-electron chi connectivity index (χ0n) is 14.3. The molecule has 2 atom stereocenters. The molecule has 1 rings (SSSR count). The molecule has 0 spiro atoms. The Morgan fingerprint density at radius 3 is 2.52 bits per heavy atom. The van der Waals surface area contributed by atoms with Gasteiger partial charge in [-0.2, -0.15) is 0 Å². The molecular weight excluding hydrogens is 264 g/mol. The number of likely N-dealkylation sites (tertiary alicyclic amines) is 1. The molecule has 1 fully saturated rings. The molecule has 5 nitrogen and oxygen atoms in total. The summed E-state index contributed by atoms with van der Waals surface area (Å²) >= 11 is 0. The maximum Gasteiger partial charge on any atom is 0.237 e. The summed E-state index contributed by atoms with van der Waals surface area (Å²) in [6.45, 7) is 9.44. The van der Waals surface area contributed by atoms with Crippen molar-refractivity contribution >= 4 is 5.91 Å². The summed E-state index contributed by atoms with van der Waals surface area (Å²) < 4.78 is 0. The van der Waals surface area contributed by atoms with Crippen molar-refractivity contribution in [3.8, 4) is 0 Å². The maximum atomic E-state index is 12.0. The maximum absolute atomic E-state index is 12.0. The lowest BCUT2D eigenvalue weighted by molar-refractivity contribution is -0.123. The van der Waals surface area contributed by atoms with Crippen molar-refractivity contribution in [2.75, 3.05) is 46.8 Å². The first-order valence-corrected chi connectivity index (χ1v) is 8.34. The van der Waals surface area contributed by atoms with Gasteiger partial charge >= 0.3 is 0 Å². The van der Waals surface area contributed by atoms with Gasteiger partial charge < -0.3 is 20.9 Å². The Balaban J connectivity index is 2.19. The van der Waals surface area contributed by atoms with Gasteiger partial charge in [0, 0.05) is 19.6 Å². The Morgan fingerprint density at radius 2 is 2.00 bits per heavy atom. The number of carbonyl (C=O) groups excluding carboxylic acids is 1. The van der Waals surface area contributed by atoms with E-state index >= 15 is 0 Å². The number of nitrogens with zero attached hydrogens (tertiary/aromatic N) is 2. The molecule has 5 heteroatoms. The molecule has 3 N–H and O–H groups in total. The third-order valence-electron chi connectivity index (χ3n) is 4.70. The van der Waals surface area contributed by atoms with Crippen LogP contribution in [-0.4, -0.2) is 68.6 Å². The number of nitrogens with two attached hydrogens (primary N) is 1. The van der Waals surface area contributed by atoms with Gasteiger partial charge in [0.05, 0.1) is 6.04 Å². The van der Waals surface area contributed by atoms with Crippen molar-refractivity contribution < 1.29 is 4.79 Å². The van der Waals surface area contributed by atoms with Crippen LogP contribution in [0, 0.1) is 11.8 Å². The van der Waals surface area contributed by atoms with Crippen LogP contribution in [0.3, 0.4) is 0 Å². The molecule has 0 aliphatic carbocycles. The molecule has 1 amide bonds. The van der Waals surface area contributed by atoms with Crippen LogP contribution in [0.5, 0.6) is 0 Å². The SMILES string of the molecule is CCC(C)C(N)C(=O)NCC1CCN(CCN(C)C)CC1. The highest BCUT2D eigenvalue weighted by molar-refractivity contribution is 5.81. The van der Waals surface area contributed by atoms with Crippen LogP contribution >= 0.6 is 0 Å². The monoisotopic (exact) mass is 298 g/mol. The minimum atomic E-state index is -0.366. The Morgan fingerprint density at radius 1 is 1.38 bits per heavy atom. The first-order valence-electron chi connectivity index (χ1n) is 8.34. The van der Waals surface area contributed by atoms with Gasteiger partial charge in [0.15, 0.2) is 0 Å². The molecule has 0 bridgehead atoms. The fourth-order valence-corrected chi connectivity index (χ4v) is 2.63. The van der Waals surface area contributed by atoms with Crippen molar-refractivity contribution in [3.05, 3.63) is 0 Å². The van der Waals surface area contributed by atoms with Crippen molar-refractivity contribution in [2.45, 2.75) is 39.2 Å². The topological polar surface area (TPSA) is 61.6 Å². The van der Waals surface area contributed by atoms with Crippen LogP contribution in [-0.2, 0) is 4.79 Å². The van der Waals surface area contributed by atoms with Gasteiger partial charge in [0.2, 0.25) is 5.91 Å². The summed E-state index contributed by atoms with van der Waals surface area (Å²) in [5.41, 5.74) is 5.95. The van der Waals surface area contributed by atoms with Gasteiger partial charge in [0.25, 0.3) is 0 Å². The first-order chi connectivity index (χ1) is 9.93. The number of likely N-dealkylation sites (N-methyl/N-ethyl adjacent to an activating group) is 1. The number of carbonyl (C=O) groups is 1. The van der Waals surface area contributed by atoms with E-state index in [0.29, 0.717) is 5.92 Å². The lowest BCUT2D eigenvalue weighted by atomic mass is 9.95. The molecule has 1 heterocycles. The minimum Gasteiger partial charge on any atom is -0.354 e. The fourth-order valence-electron chi connectivity index (χ4n) is 2.63. The number of rotatable bonds is 8. The van der Waals surface area contributed by atoms with Gasteiger partial charge in [-0.15, -0.1) is 0 Å². The first kappa shape index (κ1) is 18.4. The predicted octanol–water partition coefficient (Wildman–Crippen LogP) is 0.750. The number of nitrogens with one attached hydrogen (secondary N) is 1. The second-order valence-electron chi connectivity index (χ2n) is 6.74. The Labute approximate surface area is 130 Å². The highest BCUT2D eigenvalue weighted by Gasteiger charge is 2.22. The van der Waals surface area contributed by atoms with Crippen LogP contribution in [0.2, 0.25) is 0 Å². The summed E-state index contributed by atoms with van der Waals surface area (Å²) in [6.07, 6.45) is 3.29. The normalized spacial score (nSPS) is 20.5. The minimum absolute atomic E-state index is 0.0133. The van der Waals surface area contributed by atoms with Crippen molar-refractivity contribution in [1.29, 1.82) is 0 Å². The fraction of sp³-hybridized carbons (Fsp3) is 0.938. The molecule has 0 aromatic heterocycles. The second kappa shape index (κ2) is 9.38. The highest BCUT2D eigenvalue weighted by Crippen LogP contribution is 2.16. The lowest BCUT2D eigenvalue weighted by Crippen LogP contribution is -2.47. The molecule has 124 valence electrons. The lowest BCUT2D eigenvalue weighted by Gasteiger charge is -2.33. The molecule has 0 saturated carbocycles. The average molecular weight is 298 g/mol. The van der Waals surface area contributed by atoms with Gasteiger partial charge in [-0.05, 0) is 51.9 Å².